The summed E-state index contributed by atoms with van der Waals surface area (Å²) in [5.41, 5.74) is 5.70. The van der Waals surface area contributed by atoms with E-state index >= 15 is 0 Å². The minimum Gasteiger partial charge on any atom is -0.340 e. The van der Waals surface area contributed by atoms with Crippen LogP contribution >= 0.6 is 0 Å². The van der Waals surface area contributed by atoms with Crippen molar-refractivity contribution in [2.45, 2.75) is 13.0 Å². The van der Waals surface area contributed by atoms with Crippen LogP contribution in [0.3, 0.4) is 0 Å². The van der Waals surface area contributed by atoms with Gasteiger partial charge < -0.3 is 4.57 Å². The summed E-state index contributed by atoms with van der Waals surface area (Å²) >= 11 is 0. The van der Waals surface area contributed by atoms with Gasteiger partial charge in [0.1, 0.15) is 0 Å². The lowest BCUT2D eigenvalue weighted by molar-refractivity contribution is -0.121. The molecule has 0 fully saturated rings. The average molecular weight is 342 g/mol. The number of fused-ring (bicyclic) bond motifs is 3. The zero-order chi connectivity index (χ0) is 17.8. The first kappa shape index (κ1) is 16.0. The fraction of sp³-hybridized carbons (Fsp3) is 0.0952. The summed E-state index contributed by atoms with van der Waals surface area (Å²) in [4.78, 5) is 16.1. The molecule has 0 bridgehead atoms. The molecule has 0 atom stereocenters. The van der Waals surface area contributed by atoms with Gasteiger partial charge in [0.05, 0.1) is 6.21 Å². The number of nitrogens with one attached hydrogen (secondary N) is 1. The van der Waals surface area contributed by atoms with Crippen molar-refractivity contribution in [3.05, 3.63) is 78.6 Å². The maximum Gasteiger partial charge on any atom is 0.241 e. The largest absolute Gasteiger partial charge is 0.340 e. The molecule has 0 radical (unpaired) electrons. The number of aromatic nitrogens is 2. The Kier molecular flexibility index (Phi) is 4.43. The van der Waals surface area contributed by atoms with Crippen LogP contribution in [0.2, 0.25) is 0 Å². The van der Waals surface area contributed by atoms with E-state index in [0.717, 1.165) is 16.6 Å². The molecule has 0 aliphatic heterocycles. The lowest BCUT2D eigenvalue weighted by atomic mass is 10.2. The lowest BCUT2D eigenvalue weighted by Gasteiger charge is -2.06. The molecule has 2 aromatic heterocycles. The SMILES string of the molecule is O=C(CCn1c2ccccc2c2ccccc21)N/N=C\c1cccnc1. The second-order valence-electron chi connectivity index (χ2n) is 6.02. The molecule has 2 heterocycles. The van der Waals surface area contributed by atoms with Gasteiger partial charge in [0.2, 0.25) is 5.91 Å². The second kappa shape index (κ2) is 7.19. The fourth-order valence-corrected chi connectivity index (χ4v) is 3.14. The van der Waals surface area contributed by atoms with Crippen molar-refractivity contribution < 1.29 is 4.79 Å². The maximum absolute atomic E-state index is 12.1. The van der Waals surface area contributed by atoms with E-state index in [4.69, 9.17) is 0 Å². The van der Waals surface area contributed by atoms with E-state index < -0.39 is 0 Å². The fourth-order valence-electron chi connectivity index (χ4n) is 3.14. The quantitative estimate of drug-likeness (QED) is 0.444. The highest BCUT2D eigenvalue weighted by molar-refractivity contribution is 6.08. The topological polar surface area (TPSA) is 59.3 Å². The molecule has 0 aliphatic rings. The number of hydrogen-bond donors (Lipinski definition) is 1. The number of hydrazone groups is 1. The van der Waals surface area contributed by atoms with Gasteiger partial charge in [0.25, 0.3) is 0 Å². The van der Waals surface area contributed by atoms with Gasteiger partial charge in [0.15, 0.2) is 0 Å². The smallest absolute Gasteiger partial charge is 0.241 e. The Labute approximate surface area is 151 Å². The van der Waals surface area contributed by atoms with Gasteiger partial charge in [-0.1, -0.05) is 42.5 Å². The number of carbonyl (C=O) groups is 1. The van der Waals surface area contributed by atoms with E-state index in [1.54, 1.807) is 18.6 Å². The molecule has 2 aromatic carbocycles. The number of aryl methyl sites for hydroxylation is 1. The number of pyridine rings is 1. The van der Waals surface area contributed by atoms with Crippen LogP contribution < -0.4 is 5.43 Å². The van der Waals surface area contributed by atoms with Crippen molar-refractivity contribution in [2.75, 3.05) is 0 Å². The number of carbonyl (C=O) groups excluding carboxylic acids is 1. The number of nitrogens with zero attached hydrogens (tertiary/aromatic N) is 3. The summed E-state index contributed by atoms with van der Waals surface area (Å²) in [6.07, 6.45) is 5.33. The zero-order valence-electron chi connectivity index (χ0n) is 14.2. The molecule has 1 amide bonds. The van der Waals surface area contributed by atoms with Crippen LogP contribution in [0.4, 0.5) is 0 Å². The van der Waals surface area contributed by atoms with Crippen molar-refractivity contribution in [3.63, 3.8) is 0 Å². The summed E-state index contributed by atoms with van der Waals surface area (Å²) in [6.45, 7) is 0.599. The predicted octanol–water partition coefficient (Wildman–Crippen LogP) is 3.73. The molecule has 4 rings (SSSR count). The van der Waals surface area contributed by atoms with Crippen LogP contribution in [0.15, 0.2) is 78.2 Å². The molecular formula is C21H18N4O. The molecular weight excluding hydrogens is 324 g/mol. The van der Waals surface area contributed by atoms with E-state index in [9.17, 15) is 4.79 Å². The Morgan fingerprint density at radius 1 is 1.00 bits per heavy atom. The Morgan fingerprint density at radius 3 is 2.35 bits per heavy atom. The zero-order valence-corrected chi connectivity index (χ0v) is 14.2. The van der Waals surface area contributed by atoms with Crippen LogP contribution in [0, 0.1) is 0 Å². The van der Waals surface area contributed by atoms with Gasteiger partial charge in [-0.2, -0.15) is 5.10 Å². The van der Waals surface area contributed by atoms with E-state index in [2.05, 4.69) is 44.3 Å². The van der Waals surface area contributed by atoms with E-state index in [1.807, 2.05) is 36.4 Å². The van der Waals surface area contributed by atoms with Gasteiger partial charge in [-0.05, 0) is 18.2 Å². The molecule has 0 unspecified atom stereocenters. The van der Waals surface area contributed by atoms with Crippen LogP contribution in [0.5, 0.6) is 0 Å². The molecule has 0 spiro atoms. The van der Waals surface area contributed by atoms with E-state index in [1.165, 1.54) is 10.8 Å². The van der Waals surface area contributed by atoms with Crippen molar-refractivity contribution in [1.82, 2.24) is 15.0 Å². The third-order valence-corrected chi connectivity index (χ3v) is 4.33. The standard InChI is InChI=1S/C21H18N4O/c26-21(24-23-15-16-6-5-12-22-14-16)11-13-25-19-9-3-1-7-17(19)18-8-2-4-10-20(18)25/h1-10,12,14-15H,11,13H2,(H,24,26)/b23-15-. The van der Waals surface area contributed by atoms with Crippen LogP contribution in [-0.4, -0.2) is 21.7 Å². The molecule has 5 nitrogen and oxygen atoms in total. The highest BCUT2D eigenvalue weighted by Gasteiger charge is 2.10. The summed E-state index contributed by atoms with van der Waals surface area (Å²) in [6, 6.07) is 20.2. The van der Waals surface area contributed by atoms with E-state index in [-0.39, 0.29) is 5.91 Å². The van der Waals surface area contributed by atoms with Gasteiger partial charge in [-0.25, -0.2) is 5.43 Å². The average Bonchev–Trinajstić information content (AvgIpc) is 3.01. The monoisotopic (exact) mass is 342 g/mol. The maximum atomic E-state index is 12.1. The molecule has 26 heavy (non-hydrogen) atoms. The van der Waals surface area contributed by atoms with Crippen LogP contribution in [0.25, 0.3) is 21.8 Å². The van der Waals surface area contributed by atoms with Gasteiger partial charge >= 0.3 is 0 Å². The van der Waals surface area contributed by atoms with Gasteiger partial charge in [-0.3, -0.25) is 9.78 Å². The number of hydrogen-bond acceptors (Lipinski definition) is 3. The minimum absolute atomic E-state index is 0.119. The number of amides is 1. The summed E-state index contributed by atoms with van der Waals surface area (Å²) < 4.78 is 2.19. The summed E-state index contributed by atoms with van der Waals surface area (Å²) in [5, 5.41) is 6.41. The first-order valence-corrected chi connectivity index (χ1v) is 8.51. The lowest BCUT2D eigenvalue weighted by Crippen LogP contribution is -2.19. The van der Waals surface area contributed by atoms with Crippen molar-refractivity contribution >= 4 is 33.9 Å². The molecule has 0 aliphatic carbocycles. The van der Waals surface area contributed by atoms with Crippen molar-refractivity contribution in [1.29, 1.82) is 0 Å². The first-order valence-electron chi connectivity index (χ1n) is 8.51. The molecule has 5 heteroatoms. The first-order chi connectivity index (χ1) is 12.8. The third kappa shape index (κ3) is 3.19. The van der Waals surface area contributed by atoms with Crippen molar-refractivity contribution in [2.24, 2.45) is 5.10 Å². The molecule has 0 saturated carbocycles. The third-order valence-electron chi connectivity index (χ3n) is 4.33. The second-order valence-corrected chi connectivity index (χ2v) is 6.02. The minimum atomic E-state index is -0.119. The Hall–Kier alpha value is -3.47. The molecule has 4 aromatic rings. The van der Waals surface area contributed by atoms with E-state index in [0.29, 0.717) is 13.0 Å². The predicted molar refractivity (Wildman–Crippen MR) is 104 cm³/mol. The molecule has 0 saturated heterocycles. The van der Waals surface area contributed by atoms with Crippen LogP contribution in [-0.2, 0) is 11.3 Å². The molecule has 128 valence electrons. The summed E-state index contributed by atoms with van der Waals surface area (Å²) in [7, 11) is 0. The van der Waals surface area contributed by atoms with Crippen LogP contribution in [0.1, 0.15) is 12.0 Å². The molecule has 1 N–H and O–H groups in total. The Balaban J connectivity index is 1.49. The highest BCUT2D eigenvalue weighted by atomic mass is 16.2. The number of rotatable bonds is 5. The Morgan fingerprint density at radius 2 is 1.69 bits per heavy atom. The number of benzene rings is 2. The van der Waals surface area contributed by atoms with Gasteiger partial charge in [-0.15, -0.1) is 0 Å². The summed E-state index contributed by atoms with van der Waals surface area (Å²) in [5.74, 6) is -0.119. The normalized spacial score (nSPS) is 11.4. The van der Waals surface area contributed by atoms with Crippen molar-refractivity contribution in [3.8, 4) is 0 Å². The highest BCUT2D eigenvalue weighted by Crippen LogP contribution is 2.28. The number of para-hydroxylation sites is 2. The Bertz CT molecular complexity index is 1030. The van der Waals surface area contributed by atoms with Gasteiger partial charge in [0, 0.05) is 52.7 Å².